The molecule has 3 nitrogen and oxygen atoms in total. The Kier molecular flexibility index (Phi) is 3.47. The molecule has 0 saturated carbocycles. The van der Waals surface area contributed by atoms with Crippen LogP contribution in [0.15, 0.2) is 53.5 Å². The van der Waals surface area contributed by atoms with Gasteiger partial charge in [-0.15, -0.1) is 0 Å². The summed E-state index contributed by atoms with van der Waals surface area (Å²) in [6, 6.07) is 14.6. The molecule has 0 amide bonds. The molecule has 1 aliphatic heterocycles. The highest BCUT2D eigenvalue weighted by Gasteiger charge is 2.25. The van der Waals surface area contributed by atoms with Gasteiger partial charge < -0.3 is 4.98 Å². The highest BCUT2D eigenvalue weighted by molar-refractivity contribution is 5.18. The minimum Gasteiger partial charge on any atom is -0.329 e. The van der Waals surface area contributed by atoms with Crippen molar-refractivity contribution in [2.75, 3.05) is 6.54 Å². The average Bonchev–Trinajstić information content (AvgIpc) is 2.89. The van der Waals surface area contributed by atoms with Crippen LogP contribution in [0, 0.1) is 0 Å². The van der Waals surface area contributed by atoms with Crippen LogP contribution in [0.5, 0.6) is 0 Å². The molecule has 2 aromatic rings. The summed E-state index contributed by atoms with van der Waals surface area (Å²) in [5.41, 5.74) is 2.53. The van der Waals surface area contributed by atoms with Crippen LogP contribution in [0.4, 0.5) is 0 Å². The second-order valence-corrected chi connectivity index (χ2v) is 5.10. The number of nitrogens with zero attached hydrogens (tertiary/aromatic N) is 1. The first-order valence-electron chi connectivity index (χ1n) is 6.79. The van der Waals surface area contributed by atoms with Gasteiger partial charge in [-0.05, 0) is 30.5 Å². The third-order valence-corrected chi connectivity index (χ3v) is 3.79. The van der Waals surface area contributed by atoms with Crippen molar-refractivity contribution in [3.63, 3.8) is 0 Å². The molecule has 1 fully saturated rings. The lowest BCUT2D eigenvalue weighted by Gasteiger charge is -2.24. The van der Waals surface area contributed by atoms with Gasteiger partial charge in [-0.3, -0.25) is 9.69 Å². The summed E-state index contributed by atoms with van der Waals surface area (Å²) in [7, 11) is 0. The van der Waals surface area contributed by atoms with E-state index in [-0.39, 0.29) is 5.56 Å². The van der Waals surface area contributed by atoms with Gasteiger partial charge in [0.15, 0.2) is 0 Å². The smallest absolute Gasteiger partial charge is 0.247 e. The standard InChI is InChI=1S/C16H18N2O/c19-16-9-8-14(11-17-16)15-7-4-10-18(15)12-13-5-2-1-3-6-13/h1-3,5-6,8-9,11,15H,4,7,10,12H2,(H,17,19)/t15-/m0/s1. The van der Waals surface area contributed by atoms with Crippen LogP contribution in [0.2, 0.25) is 0 Å². The summed E-state index contributed by atoms with van der Waals surface area (Å²) < 4.78 is 0. The van der Waals surface area contributed by atoms with E-state index in [0.29, 0.717) is 6.04 Å². The van der Waals surface area contributed by atoms with Crippen LogP contribution in [-0.4, -0.2) is 16.4 Å². The molecule has 1 N–H and O–H groups in total. The van der Waals surface area contributed by atoms with Crippen LogP contribution in [0.1, 0.15) is 30.0 Å². The van der Waals surface area contributed by atoms with Gasteiger partial charge in [-0.25, -0.2) is 0 Å². The average molecular weight is 254 g/mol. The normalized spacial score (nSPS) is 19.7. The Hall–Kier alpha value is -1.87. The largest absolute Gasteiger partial charge is 0.329 e. The Bertz CT molecular complexity index is 571. The van der Waals surface area contributed by atoms with E-state index in [0.717, 1.165) is 13.1 Å². The Morgan fingerprint density at radius 2 is 2.00 bits per heavy atom. The molecule has 1 aromatic heterocycles. The zero-order valence-corrected chi connectivity index (χ0v) is 10.9. The second-order valence-electron chi connectivity index (χ2n) is 5.10. The molecule has 19 heavy (non-hydrogen) atoms. The Labute approximate surface area is 112 Å². The minimum absolute atomic E-state index is 0.0312. The number of H-pyrrole nitrogens is 1. The van der Waals surface area contributed by atoms with Gasteiger partial charge in [0.25, 0.3) is 0 Å². The molecule has 1 aromatic carbocycles. The molecule has 0 spiro atoms. The highest BCUT2D eigenvalue weighted by atomic mass is 16.1. The summed E-state index contributed by atoms with van der Waals surface area (Å²) in [5.74, 6) is 0. The molecule has 0 bridgehead atoms. The Balaban J connectivity index is 1.78. The van der Waals surface area contributed by atoms with Crippen molar-refractivity contribution >= 4 is 0 Å². The first-order chi connectivity index (χ1) is 9.33. The molecule has 3 rings (SSSR count). The van der Waals surface area contributed by atoms with Gasteiger partial charge in [0.1, 0.15) is 0 Å². The predicted molar refractivity (Wildman–Crippen MR) is 75.9 cm³/mol. The SMILES string of the molecule is O=c1ccc([C@@H]2CCCN2Cc2ccccc2)c[nH]1. The fraction of sp³-hybridized carbons (Fsp3) is 0.312. The fourth-order valence-electron chi connectivity index (χ4n) is 2.84. The molecule has 0 aliphatic carbocycles. The summed E-state index contributed by atoms with van der Waals surface area (Å²) in [6.45, 7) is 2.10. The summed E-state index contributed by atoms with van der Waals surface area (Å²) >= 11 is 0. The van der Waals surface area contributed by atoms with E-state index in [2.05, 4.69) is 34.1 Å². The van der Waals surface area contributed by atoms with Crippen LogP contribution < -0.4 is 5.56 Å². The number of hydrogen-bond acceptors (Lipinski definition) is 2. The van der Waals surface area contributed by atoms with Crippen molar-refractivity contribution in [3.8, 4) is 0 Å². The van der Waals surface area contributed by atoms with E-state index in [9.17, 15) is 4.79 Å². The van der Waals surface area contributed by atoms with Crippen LogP contribution in [-0.2, 0) is 6.54 Å². The van der Waals surface area contributed by atoms with Gasteiger partial charge in [-0.1, -0.05) is 36.4 Å². The maximum absolute atomic E-state index is 11.1. The van der Waals surface area contributed by atoms with Crippen molar-refractivity contribution in [3.05, 3.63) is 70.1 Å². The predicted octanol–water partition coefficient (Wildman–Crippen LogP) is 2.71. The monoisotopic (exact) mass is 254 g/mol. The maximum Gasteiger partial charge on any atom is 0.247 e. The number of pyridine rings is 1. The number of aromatic nitrogens is 1. The van der Waals surface area contributed by atoms with Gasteiger partial charge >= 0.3 is 0 Å². The molecule has 1 saturated heterocycles. The number of hydrogen-bond donors (Lipinski definition) is 1. The van der Waals surface area contributed by atoms with Crippen LogP contribution >= 0.6 is 0 Å². The molecule has 3 heteroatoms. The third kappa shape index (κ3) is 2.76. The molecule has 2 heterocycles. The van der Waals surface area contributed by atoms with E-state index in [1.54, 1.807) is 6.07 Å². The van der Waals surface area contributed by atoms with Gasteiger partial charge in [0.2, 0.25) is 5.56 Å². The van der Waals surface area contributed by atoms with E-state index >= 15 is 0 Å². The minimum atomic E-state index is -0.0312. The molecular formula is C16H18N2O. The van der Waals surface area contributed by atoms with Gasteiger partial charge in [0, 0.05) is 24.8 Å². The van der Waals surface area contributed by atoms with E-state index < -0.39 is 0 Å². The Morgan fingerprint density at radius 1 is 1.16 bits per heavy atom. The molecular weight excluding hydrogens is 236 g/mol. The summed E-state index contributed by atoms with van der Waals surface area (Å²) in [4.78, 5) is 16.4. The van der Waals surface area contributed by atoms with E-state index in [1.807, 2.05) is 18.3 Å². The quantitative estimate of drug-likeness (QED) is 0.914. The van der Waals surface area contributed by atoms with Gasteiger partial charge in [0.05, 0.1) is 0 Å². The first-order valence-corrected chi connectivity index (χ1v) is 6.79. The molecule has 0 unspecified atom stereocenters. The van der Waals surface area contributed by atoms with Crippen molar-refractivity contribution in [2.24, 2.45) is 0 Å². The van der Waals surface area contributed by atoms with Gasteiger partial charge in [-0.2, -0.15) is 0 Å². The van der Waals surface area contributed by atoms with Crippen LogP contribution in [0.3, 0.4) is 0 Å². The Morgan fingerprint density at radius 3 is 2.74 bits per heavy atom. The molecule has 98 valence electrons. The van der Waals surface area contributed by atoms with E-state index in [1.165, 1.54) is 24.0 Å². The third-order valence-electron chi connectivity index (χ3n) is 3.79. The number of nitrogens with one attached hydrogen (secondary N) is 1. The topological polar surface area (TPSA) is 36.1 Å². The van der Waals surface area contributed by atoms with Crippen molar-refractivity contribution in [2.45, 2.75) is 25.4 Å². The molecule has 1 atom stereocenters. The van der Waals surface area contributed by atoms with Crippen molar-refractivity contribution in [1.82, 2.24) is 9.88 Å². The van der Waals surface area contributed by atoms with Crippen molar-refractivity contribution < 1.29 is 0 Å². The highest BCUT2D eigenvalue weighted by Crippen LogP contribution is 2.32. The second kappa shape index (κ2) is 5.41. The lowest BCUT2D eigenvalue weighted by atomic mass is 10.1. The first kappa shape index (κ1) is 12.2. The van der Waals surface area contributed by atoms with Crippen LogP contribution in [0.25, 0.3) is 0 Å². The molecule has 1 aliphatic rings. The van der Waals surface area contributed by atoms with Crippen molar-refractivity contribution in [1.29, 1.82) is 0 Å². The number of rotatable bonds is 3. The number of benzene rings is 1. The maximum atomic E-state index is 11.1. The number of aromatic amines is 1. The number of likely N-dealkylation sites (tertiary alicyclic amines) is 1. The lowest BCUT2D eigenvalue weighted by Crippen LogP contribution is -2.23. The summed E-state index contributed by atoms with van der Waals surface area (Å²) in [5, 5.41) is 0. The fourth-order valence-corrected chi connectivity index (χ4v) is 2.84. The zero-order valence-electron chi connectivity index (χ0n) is 10.9. The lowest BCUT2D eigenvalue weighted by molar-refractivity contribution is 0.248. The summed E-state index contributed by atoms with van der Waals surface area (Å²) in [6.07, 6.45) is 4.24. The zero-order chi connectivity index (χ0) is 13.1. The van der Waals surface area contributed by atoms with E-state index in [4.69, 9.17) is 0 Å². The molecule has 0 radical (unpaired) electrons.